The molecule has 1 saturated carbocycles. The molecule has 4 rings (SSSR count). The largest absolute Gasteiger partial charge is 0.486 e. The highest BCUT2D eigenvalue weighted by atomic mass is 35.5. The van der Waals surface area contributed by atoms with Crippen LogP contribution in [0.25, 0.3) is 11.3 Å². The van der Waals surface area contributed by atoms with Gasteiger partial charge in [-0.15, -0.1) is 23.7 Å². The molecule has 2 aromatic rings. The Morgan fingerprint density at radius 2 is 2.04 bits per heavy atom. The van der Waals surface area contributed by atoms with E-state index < -0.39 is 0 Å². The first-order chi connectivity index (χ1) is 11.7. The molecule has 1 aromatic heterocycles. The number of fused-ring (bicyclic) bond motifs is 1. The van der Waals surface area contributed by atoms with Crippen LogP contribution in [0.1, 0.15) is 19.3 Å². The maximum atomic E-state index is 12.3. The van der Waals surface area contributed by atoms with Gasteiger partial charge in [-0.25, -0.2) is 4.98 Å². The molecule has 134 valence electrons. The number of carbonyl (C=O) groups is 1. The van der Waals surface area contributed by atoms with Gasteiger partial charge in [0.15, 0.2) is 16.6 Å². The van der Waals surface area contributed by atoms with Gasteiger partial charge in [0.25, 0.3) is 0 Å². The van der Waals surface area contributed by atoms with Gasteiger partial charge < -0.3 is 20.5 Å². The summed E-state index contributed by atoms with van der Waals surface area (Å²) >= 11 is 1.42. The Labute approximate surface area is 156 Å². The molecule has 1 fully saturated rings. The van der Waals surface area contributed by atoms with E-state index in [2.05, 4.69) is 10.3 Å². The van der Waals surface area contributed by atoms with E-state index in [1.807, 2.05) is 23.6 Å². The smallest absolute Gasteiger partial charge is 0.229 e. The van der Waals surface area contributed by atoms with Gasteiger partial charge in [0, 0.05) is 22.9 Å². The molecule has 0 radical (unpaired) electrons. The fourth-order valence-electron chi connectivity index (χ4n) is 3.13. The van der Waals surface area contributed by atoms with E-state index >= 15 is 0 Å². The molecule has 6 nitrogen and oxygen atoms in total. The molecule has 25 heavy (non-hydrogen) atoms. The van der Waals surface area contributed by atoms with Crippen molar-refractivity contribution in [3.05, 3.63) is 23.6 Å². The van der Waals surface area contributed by atoms with E-state index in [0.29, 0.717) is 18.3 Å². The molecule has 2 unspecified atom stereocenters. The van der Waals surface area contributed by atoms with Crippen molar-refractivity contribution >= 4 is 34.8 Å². The zero-order valence-corrected chi connectivity index (χ0v) is 15.2. The summed E-state index contributed by atoms with van der Waals surface area (Å²) in [4.78, 5) is 16.8. The van der Waals surface area contributed by atoms with E-state index in [1.54, 1.807) is 0 Å². The molecule has 0 bridgehead atoms. The molecule has 3 N–H and O–H groups in total. The van der Waals surface area contributed by atoms with Crippen molar-refractivity contribution in [2.24, 2.45) is 11.7 Å². The van der Waals surface area contributed by atoms with Crippen molar-refractivity contribution in [3.63, 3.8) is 0 Å². The van der Waals surface area contributed by atoms with Crippen molar-refractivity contribution < 1.29 is 14.3 Å². The Morgan fingerprint density at radius 1 is 1.24 bits per heavy atom. The minimum absolute atomic E-state index is 0. The van der Waals surface area contributed by atoms with Crippen LogP contribution in [0.5, 0.6) is 11.5 Å². The summed E-state index contributed by atoms with van der Waals surface area (Å²) < 4.78 is 11.1. The lowest BCUT2D eigenvalue weighted by atomic mass is 10.1. The second-order valence-electron chi connectivity index (χ2n) is 6.16. The number of nitrogens with zero attached hydrogens (tertiary/aromatic N) is 1. The minimum atomic E-state index is 0. The third-order valence-corrected chi connectivity index (χ3v) is 5.17. The Morgan fingerprint density at radius 3 is 2.80 bits per heavy atom. The highest BCUT2D eigenvalue weighted by Gasteiger charge is 2.28. The molecule has 1 aliphatic heterocycles. The standard InChI is InChI=1S/C17H19N3O3S.ClH/c18-12-3-1-11(7-12)16(21)20-17-19-13(9-24-17)10-2-4-14-15(8-10)23-6-5-22-14;/h2,4,8-9,11-12H,1,3,5-7,18H2,(H,19,20,21);1H. The van der Waals surface area contributed by atoms with Crippen LogP contribution < -0.4 is 20.5 Å². The number of rotatable bonds is 3. The summed E-state index contributed by atoms with van der Waals surface area (Å²) in [6.07, 6.45) is 2.53. The number of anilines is 1. The van der Waals surface area contributed by atoms with Gasteiger partial charge in [-0.05, 0) is 37.5 Å². The molecular weight excluding hydrogens is 362 g/mol. The molecule has 1 aromatic carbocycles. The molecule has 2 aliphatic rings. The van der Waals surface area contributed by atoms with Gasteiger partial charge in [-0.3, -0.25) is 4.79 Å². The number of ether oxygens (including phenoxy) is 2. The zero-order valence-electron chi connectivity index (χ0n) is 13.6. The fourth-order valence-corrected chi connectivity index (χ4v) is 3.85. The first-order valence-electron chi connectivity index (χ1n) is 8.11. The van der Waals surface area contributed by atoms with E-state index in [4.69, 9.17) is 15.2 Å². The van der Waals surface area contributed by atoms with Gasteiger partial charge >= 0.3 is 0 Å². The predicted octanol–water partition coefficient (Wildman–Crippen LogP) is 3.07. The maximum absolute atomic E-state index is 12.3. The molecular formula is C17H20ClN3O3S. The van der Waals surface area contributed by atoms with Crippen LogP contribution in [0.15, 0.2) is 23.6 Å². The first-order valence-corrected chi connectivity index (χ1v) is 8.99. The average molecular weight is 382 g/mol. The molecule has 1 aliphatic carbocycles. The van der Waals surface area contributed by atoms with Crippen LogP contribution in [0.2, 0.25) is 0 Å². The van der Waals surface area contributed by atoms with Crippen LogP contribution in [-0.4, -0.2) is 30.1 Å². The predicted molar refractivity (Wildman–Crippen MR) is 99.7 cm³/mol. The summed E-state index contributed by atoms with van der Waals surface area (Å²) in [7, 11) is 0. The average Bonchev–Trinajstić information content (AvgIpc) is 3.23. The van der Waals surface area contributed by atoms with Crippen molar-refractivity contribution in [1.82, 2.24) is 4.98 Å². The minimum Gasteiger partial charge on any atom is -0.486 e. The lowest BCUT2D eigenvalue weighted by Gasteiger charge is -2.18. The van der Waals surface area contributed by atoms with Gasteiger partial charge in [0.05, 0.1) is 5.69 Å². The molecule has 8 heteroatoms. The van der Waals surface area contributed by atoms with Crippen LogP contribution in [0.3, 0.4) is 0 Å². The Bertz CT molecular complexity index is 767. The molecule has 0 saturated heterocycles. The second kappa shape index (κ2) is 7.59. The van der Waals surface area contributed by atoms with E-state index in [0.717, 1.165) is 42.0 Å². The third kappa shape index (κ3) is 3.89. The van der Waals surface area contributed by atoms with Gasteiger partial charge in [-0.1, -0.05) is 0 Å². The highest BCUT2D eigenvalue weighted by molar-refractivity contribution is 7.14. The molecule has 0 spiro atoms. The summed E-state index contributed by atoms with van der Waals surface area (Å²) in [5, 5.41) is 5.46. The first kappa shape index (κ1) is 18.0. The molecule has 1 amide bonds. The lowest BCUT2D eigenvalue weighted by molar-refractivity contribution is -0.119. The quantitative estimate of drug-likeness (QED) is 0.853. The monoisotopic (exact) mass is 381 g/mol. The maximum Gasteiger partial charge on any atom is 0.229 e. The van der Waals surface area contributed by atoms with E-state index in [1.165, 1.54) is 11.3 Å². The Kier molecular flexibility index (Phi) is 5.46. The fraction of sp³-hybridized carbons (Fsp3) is 0.412. The third-order valence-electron chi connectivity index (χ3n) is 4.42. The van der Waals surface area contributed by atoms with Crippen molar-refractivity contribution in [3.8, 4) is 22.8 Å². The van der Waals surface area contributed by atoms with Gasteiger partial charge in [0.2, 0.25) is 5.91 Å². The number of hydrogen-bond acceptors (Lipinski definition) is 6. The van der Waals surface area contributed by atoms with Crippen LogP contribution in [-0.2, 0) is 4.79 Å². The van der Waals surface area contributed by atoms with Crippen molar-refractivity contribution in [1.29, 1.82) is 0 Å². The number of nitrogens with two attached hydrogens (primary N) is 1. The number of amides is 1. The van der Waals surface area contributed by atoms with Crippen LogP contribution >= 0.6 is 23.7 Å². The summed E-state index contributed by atoms with van der Waals surface area (Å²) in [6.45, 7) is 1.13. The SMILES string of the molecule is Cl.NC1CCC(C(=O)Nc2nc(-c3ccc4c(c3)OCCO4)cs2)C1. The normalized spacial score (nSPS) is 21.5. The number of hydrogen-bond donors (Lipinski definition) is 2. The van der Waals surface area contributed by atoms with Gasteiger partial charge in [0.1, 0.15) is 13.2 Å². The van der Waals surface area contributed by atoms with Crippen molar-refractivity contribution in [2.75, 3.05) is 18.5 Å². The number of carbonyl (C=O) groups excluding carboxylic acids is 1. The summed E-state index contributed by atoms with van der Waals surface area (Å²) in [6, 6.07) is 5.90. The lowest BCUT2D eigenvalue weighted by Crippen LogP contribution is -2.23. The van der Waals surface area contributed by atoms with Crippen LogP contribution in [0.4, 0.5) is 5.13 Å². The number of aromatic nitrogens is 1. The number of benzene rings is 1. The summed E-state index contributed by atoms with van der Waals surface area (Å²) in [5.74, 6) is 1.51. The van der Waals surface area contributed by atoms with E-state index in [-0.39, 0.29) is 30.3 Å². The van der Waals surface area contributed by atoms with Crippen molar-refractivity contribution in [2.45, 2.75) is 25.3 Å². The number of thiazole rings is 1. The molecule has 2 heterocycles. The van der Waals surface area contributed by atoms with E-state index in [9.17, 15) is 4.79 Å². The topological polar surface area (TPSA) is 86.5 Å². The highest BCUT2D eigenvalue weighted by Crippen LogP contribution is 2.35. The number of nitrogens with one attached hydrogen (secondary N) is 1. The Hall–Kier alpha value is -1.83. The Balaban J connectivity index is 0.00000182. The second-order valence-corrected chi connectivity index (χ2v) is 7.01. The summed E-state index contributed by atoms with van der Waals surface area (Å²) in [5.41, 5.74) is 7.64. The number of halogens is 1. The van der Waals surface area contributed by atoms with Gasteiger partial charge in [-0.2, -0.15) is 0 Å². The zero-order chi connectivity index (χ0) is 16.5. The van der Waals surface area contributed by atoms with Crippen LogP contribution in [0, 0.1) is 5.92 Å². The molecule has 2 atom stereocenters.